The summed E-state index contributed by atoms with van der Waals surface area (Å²) in [6.45, 7) is 9.37. The van der Waals surface area contributed by atoms with Crippen LogP contribution >= 0.6 is 0 Å². The Morgan fingerprint density at radius 1 is 1.42 bits per heavy atom. The van der Waals surface area contributed by atoms with Gasteiger partial charge in [0.25, 0.3) is 0 Å². The van der Waals surface area contributed by atoms with Crippen LogP contribution in [0, 0.1) is 0 Å². The Hall–Kier alpha value is -1.22. The van der Waals surface area contributed by atoms with Crippen molar-refractivity contribution in [3.8, 4) is 5.75 Å². The molecule has 19 heavy (non-hydrogen) atoms. The minimum Gasteiger partial charge on any atom is -0.486 e. The molecule has 0 saturated carbocycles. The Labute approximate surface area is 116 Å². The molecule has 3 nitrogen and oxygen atoms in total. The first-order valence-electron chi connectivity index (χ1n) is 7.41. The van der Waals surface area contributed by atoms with E-state index in [1.54, 1.807) is 0 Å². The molecule has 106 valence electrons. The van der Waals surface area contributed by atoms with Crippen LogP contribution in [0.2, 0.25) is 0 Å². The zero-order valence-corrected chi connectivity index (χ0v) is 12.4. The summed E-state index contributed by atoms with van der Waals surface area (Å²) < 4.78 is 6.05. The Balaban J connectivity index is 2.28. The van der Waals surface area contributed by atoms with E-state index in [9.17, 15) is 0 Å². The number of anilines is 1. The van der Waals surface area contributed by atoms with E-state index in [0.717, 1.165) is 38.2 Å². The molecular weight excluding hydrogens is 236 g/mol. The van der Waals surface area contributed by atoms with Crippen molar-refractivity contribution in [2.24, 2.45) is 5.73 Å². The fourth-order valence-electron chi connectivity index (χ4n) is 2.51. The predicted molar refractivity (Wildman–Crippen MR) is 81.1 cm³/mol. The summed E-state index contributed by atoms with van der Waals surface area (Å²) in [6.07, 6.45) is 2.38. The molecule has 2 N–H and O–H groups in total. The second-order valence-electron chi connectivity index (χ2n) is 5.62. The molecule has 1 aliphatic heterocycles. The van der Waals surface area contributed by atoms with Crippen molar-refractivity contribution in [1.82, 2.24) is 0 Å². The highest BCUT2D eigenvalue weighted by Crippen LogP contribution is 2.36. The van der Waals surface area contributed by atoms with Crippen molar-refractivity contribution in [1.29, 1.82) is 0 Å². The van der Waals surface area contributed by atoms with Gasteiger partial charge in [-0.1, -0.05) is 26.8 Å². The summed E-state index contributed by atoms with van der Waals surface area (Å²) in [6, 6.07) is 6.59. The van der Waals surface area contributed by atoms with E-state index in [1.165, 1.54) is 11.3 Å². The molecule has 2 rings (SSSR count). The van der Waals surface area contributed by atoms with E-state index in [-0.39, 0.29) is 0 Å². The van der Waals surface area contributed by atoms with Gasteiger partial charge in [-0.15, -0.1) is 0 Å². The maximum atomic E-state index is 6.05. The van der Waals surface area contributed by atoms with Gasteiger partial charge in [0.2, 0.25) is 0 Å². The number of fused-ring (bicyclic) bond motifs is 1. The normalized spacial score (nSPS) is 18.4. The first-order valence-corrected chi connectivity index (χ1v) is 7.41. The van der Waals surface area contributed by atoms with E-state index in [0.29, 0.717) is 12.0 Å². The first-order chi connectivity index (χ1) is 9.15. The van der Waals surface area contributed by atoms with Gasteiger partial charge in [-0.2, -0.15) is 0 Å². The molecule has 0 radical (unpaired) electrons. The highest BCUT2D eigenvalue weighted by Gasteiger charge is 2.24. The lowest BCUT2D eigenvalue weighted by Gasteiger charge is -2.36. The minimum atomic E-state index is 0.301. The molecule has 0 spiro atoms. The van der Waals surface area contributed by atoms with Crippen molar-refractivity contribution < 1.29 is 4.74 Å². The zero-order valence-electron chi connectivity index (χ0n) is 12.4. The van der Waals surface area contributed by atoms with Gasteiger partial charge in [0.05, 0.1) is 12.2 Å². The standard InChI is InChI=1S/C16H26N2O/c1-4-14-11-18(9-5-8-17)15-10-13(12(2)3)6-7-16(15)19-14/h6-7,10,12,14H,4-5,8-9,11,17H2,1-3H3. The summed E-state index contributed by atoms with van der Waals surface area (Å²) in [5, 5.41) is 0. The SMILES string of the molecule is CCC1CN(CCCN)c2cc(C(C)C)ccc2O1. The topological polar surface area (TPSA) is 38.5 Å². The van der Waals surface area contributed by atoms with Gasteiger partial charge in [0.1, 0.15) is 11.9 Å². The van der Waals surface area contributed by atoms with Gasteiger partial charge in [-0.25, -0.2) is 0 Å². The molecule has 0 bridgehead atoms. The van der Waals surface area contributed by atoms with Crippen LogP contribution in [0.25, 0.3) is 0 Å². The quantitative estimate of drug-likeness (QED) is 0.886. The van der Waals surface area contributed by atoms with Crippen molar-refractivity contribution in [3.05, 3.63) is 23.8 Å². The first kappa shape index (κ1) is 14.2. The second-order valence-corrected chi connectivity index (χ2v) is 5.62. The molecule has 1 aromatic carbocycles. The third-order valence-corrected chi connectivity index (χ3v) is 3.80. The summed E-state index contributed by atoms with van der Waals surface area (Å²) >= 11 is 0. The van der Waals surface area contributed by atoms with Crippen molar-refractivity contribution in [3.63, 3.8) is 0 Å². The van der Waals surface area contributed by atoms with Gasteiger partial charge < -0.3 is 15.4 Å². The average Bonchev–Trinajstić information content (AvgIpc) is 2.43. The molecule has 0 saturated heterocycles. The van der Waals surface area contributed by atoms with Crippen LogP contribution in [0.3, 0.4) is 0 Å². The smallest absolute Gasteiger partial charge is 0.143 e. The molecule has 0 aliphatic carbocycles. The number of benzene rings is 1. The van der Waals surface area contributed by atoms with Crippen molar-refractivity contribution >= 4 is 5.69 Å². The van der Waals surface area contributed by atoms with Crippen LogP contribution in [0.1, 0.15) is 45.1 Å². The minimum absolute atomic E-state index is 0.301. The lowest BCUT2D eigenvalue weighted by Crippen LogP contribution is -2.40. The summed E-state index contributed by atoms with van der Waals surface area (Å²) in [7, 11) is 0. The van der Waals surface area contributed by atoms with Gasteiger partial charge >= 0.3 is 0 Å². The Morgan fingerprint density at radius 2 is 2.21 bits per heavy atom. The second kappa shape index (κ2) is 6.29. The number of nitrogens with two attached hydrogens (primary N) is 1. The molecule has 0 amide bonds. The maximum absolute atomic E-state index is 6.05. The number of hydrogen-bond acceptors (Lipinski definition) is 3. The monoisotopic (exact) mass is 262 g/mol. The number of nitrogens with zero attached hydrogens (tertiary/aromatic N) is 1. The number of hydrogen-bond donors (Lipinski definition) is 1. The van der Waals surface area contributed by atoms with E-state index < -0.39 is 0 Å². The molecule has 1 aromatic rings. The van der Waals surface area contributed by atoms with Gasteiger partial charge in [-0.05, 0) is 43.0 Å². The molecule has 1 aliphatic rings. The zero-order chi connectivity index (χ0) is 13.8. The van der Waals surface area contributed by atoms with Gasteiger partial charge in [0.15, 0.2) is 0 Å². The lowest BCUT2D eigenvalue weighted by molar-refractivity contribution is 0.189. The summed E-state index contributed by atoms with van der Waals surface area (Å²) in [5.74, 6) is 1.57. The van der Waals surface area contributed by atoms with Crippen molar-refractivity contribution in [2.45, 2.75) is 45.6 Å². The van der Waals surface area contributed by atoms with Crippen LogP contribution in [0.15, 0.2) is 18.2 Å². The summed E-state index contributed by atoms with van der Waals surface area (Å²) in [5.41, 5.74) is 8.26. The largest absolute Gasteiger partial charge is 0.486 e. The molecule has 1 atom stereocenters. The lowest BCUT2D eigenvalue weighted by atomic mass is 10.0. The molecule has 1 heterocycles. The maximum Gasteiger partial charge on any atom is 0.143 e. The predicted octanol–water partition coefficient (Wildman–Crippen LogP) is 3.14. The van der Waals surface area contributed by atoms with E-state index in [2.05, 4.69) is 43.9 Å². The molecule has 1 unspecified atom stereocenters. The third-order valence-electron chi connectivity index (χ3n) is 3.80. The summed E-state index contributed by atoms with van der Waals surface area (Å²) in [4.78, 5) is 2.44. The molecular formula is C16H26N2O. The van der Waals surface area contributed by atoms with E-state index in [1.807, 2.05) is 0 Å². The van der Waals surface area contributed by atoms with E-state index >= 15 is 0 Å². The van der Waals surface area contributed by atoms with Crippen LogP contribution < -0.4 is 15.4 Å². The van der Waals surface area contributed by atoms with Crippen molar-refractivity contribution in [2.75, 3.05) is 24.5 Å². The number of rotatable bonds is 5. The highest BCUT2D eigenvalue weighted by atomic mass is 16.5. The van der Waals surface area contributed by atoms with Gasteiger partial charge in [0, 0.05) is 6.54 Å². The Bertz CT molecular complexity index is 417. The fraction of sp³-hybridized carbons (Fsp3) is 0.625. The van der Waals surface area contributed by atoms with Crippen LogP contribution in [-0.2, 0) is 0 Å². The third kappa shape index (κ3) is 3.21. The Kier molecular flexibility index (Phi) is 4.70. The molecule has 3 heteroatoms. The molecule has 0 fully saturated rings. The van der Waals surface area contributed by atoms with Gasteiger partial charge in [-0.3, -0.25) is 0 Å². The fourth-order valence-corrected chi connectivity index (χ4v) is 2.51. The number of ether oxygens (including phenoxy) is 1. The Morgan fingerprint density at radius 3 is 2.84 bits per heavy atom. The van der Waals surface area contributed by atoms with E-state index in [4.69, 9.17) is 10.5 Å². The van der Waals surface area contributed by atoms with Crippen LogP contribution in [-0.4, -0.2) is 25.7 Å². The highest BCUT2D eigenvalue weighted by molar-refractivity contribution is 5.62. The molecule has 0 aromatic heterocycles. The average molecular weight is 262 g/mol. The van der Waals surface area contributed by atoms with Crippen LogP contribution in [0.4, 0.5) is 5.69 Å². The van der Waals surface area contributed by atoms with Crippen LogP contribution in [0.5, 0.6) is 5.75 Å².